The molecular weight excluding hydrogens is 270 g/mol. The fourth-order valence-corrected chi connectivity index (χ4v) is 2.43. The van der Waals surface area contributed by atoms with Crippen molar-refractivity contribution < 1.29 is 4.74 Å². The van der Waals surface area contributed by atoms with Crippen molar-refractivity contribution in [3.05, 3.63) is 47.4 Å². The number of hydrogen-bond acceptors (Lipinski definition) is 3. The van der Waals surface area contributed by atoms with Crippen molar-refractivity contribution in [2.24, 2.45) is 0 Å². The molecular formula is C15H15N3OS. The van der Waals surface area contributed by atoms with Crippen LogP contribution in [0.5, 0.6) is 5.75 Å². The Hall–Kier alpha value is -2.14. The number of nitrogens with zero attached hydrogens (tertiary/aromatic N) is 2. The first-order valence-electron chi connectivity index (χ1n) is 6.48. The number of imidazole rings is 1. The number of aromatic amines is 1. The van der Waals surface area contributed by atoms with Gasteiger partial charge in [0.15, 0.2) is 10.4 Å². The molecule has 0 fully saturated rings. The molecule has 5 heteroatoms. The van der Waals surface area contributed by atoms with E-state index >= 15 is 0 Å². The predicted molar refractivity (Wildman–Crippen MR) is 82.0 cm³/mol. The first kappa shape index (κ1) is 12.9. The third kappa shape index (κ3) is 2.32. The van der Waals surface area contributed by atoms with Gasteiger partial charge in [0.2, 0.25) is 0 Å². The molecule has 0 saturated heterocycles. The smallest absolute Gasteiger partial charge is 0.183 e. The van der Waals surface area contributed by atoms with E-state index in [0.29, 0.717) is 4.77 Å². The fourth-order valence-electron chi connectivity index (χ4n) is 2.13. The van der Waals surface area contributed by atoms with Gasteiger partial charge < -0.3 is 9.72 Å². The molecule has 4 nitrogen and oxygen atoms in total. The molecule has 0 aliphatic rings. The molecule has 0 radical (unpaired) electrons. The second-order valence-electron chi connectivity index (χ2n) is 4.80. The van der Waals surface area contributed by atoms with Crippen molar-refractivity contribution in [1.82, 2.24) is 14.5 Å². The second kappa shape index (κ2) is 5.09. The van der Waals surface area contributed by atoms with Crippen molar-refractivity contribution in [3.8, 4) is 11.4 Å². The number of rotatable bonds is 3. The van der Waals surface area contributed by atoms with Gasteiger partial charge in [-0.25, -0.2) is 4.98 Å². The van der Waals surface area contributed by atoms with E-state index in [1.165, 1.54) is 0 Å². The van der Waals surface area contributed by atoms with Crippen LogP contribution in [0, 0.1) is 4.77 Å². The molecule has 0 aliphatic carbocycles. The SMILES string of the molecule is CC(C)Oc1ccc(-n2c(=S)[nH]c3cccnc32)cc1. The van der Waals surface area contributed by atoms with Crippen molar-refractivity contribution in [2.75, 3.05) is 0 Å². The largest absolute Gasteiger partial charge is 0.491 e. The quantitative estimate of drug-likeness (QED) is 0.743. The van der Waals surface area contributed by atoms with Gasteiger partial charge in [0, 0.05) is 6.20 Å². The molecule has 0 bridgehead atoms. The molecule has 3 aromatic rings. The average molecular weight is 285 g/mol. The van der Waals surface area contributed by atoms with E-state index in [-0.39, 0.29) is 6.10 Å². The van der Waals surface area contributed by atoms with Crippen LogP contribution in [-0.4, -0.2) is 20.6 Å². The lowest BCUT2D eigenvalue weighted by Crippen LogP contribution is -2.05. The molecule has 3 rings (SSSR count). The topological polar surface area (TPSA) is 42.8 Å². The fraction of sp³-hybridized carbons (Fsp3) is 0.200. The summed E-state index contributed by atoms with van der Waals surface area (Å²) < 4.78 is 8.20. The number of pyridine rings is 1. The summed E-state index contributed by atoms with van der Waals surface area (Å²) in [6.07, 6.45) is 1.93. The van der Waals surface area contributed by atoms with Crippen LogP contribution in [0.15, 0.2) is 42.6 Å². The van der Waals surface area contributed by atoms with Crippen LogP contribution < -0.4 is 4.74 Å². The highest BCUT2D eigenvalue weighted by Crippen LogP contribution is 2.20. The summed E-state index contributed by atoms with van der Waals surface area (Å²) in [5.41, 5.74) is 2.73. The molecule has 0 spiro atoms. The number of nitrogens with one attached hydrogen (secondary N) is 1. The van der Waals surface area contributed by atoms with E-state index in [4.69, 9.17) is 17.0 Å². The van der Waals surface area contributed by atoms with Crippen LogP contribution in [0.1, 0.15) is 13.8 Å². The second-order valence-corrected chi connectivity index (χ2v) is 5.19. The molecule has 2 aromatic heterocycles. The third-order valence-electron chi connectivity index (χ3n) is 2.91. The standard InChI is InChI=1S/C15H15N3OS/c1-10(2)19-12-7-5-11(6-8-12)18-14-13(17-15(18)20)4-3-9-16-14/h3-10H,1-2H3,(H,17,20). The summed E-state index contributed by atoms with van der Waals surface area (Å²) in [5.74, 6) is 0.850. The minimum absolute atomic E-state index is 0.165. The first-order valence-corrected chi connectivity index (χ1v) is 6.89. The zero-order chi connectivity index (χ0) is 14.1. The number of fused-ring (bicyclic) bond motifs is 1. The molecule has 0 saturated carbocycles. The van der Waals surface area contributed by atoms with Gasteiger partial charge in [-0.05, 0) is 62.5 Å². The Balaban J connectivity index is 2.07. The summed E-state index contributed by atoms with van der Waals surface area (Å²) >= 11 is 5.37. The Morgan fingerprint density at radius 1 is 1.20 bits per heavy atom. The molecule has 102 valence electrons. The summed E-state index contributed by atoms with van der Waals surface area (Å²) in [7, 11) is 0. The Bertz CT molecular complexity index is 787. The monoisotopic (exact) mass is 285 g/mol. The van der Waals surface area contributed by atoms with Crippen LogP contribution in [0.4, 0.5) is 0 Å². The Morgan fingerprint density at radius 3 is 2.65 bits per heavy atom. The van der Waals surface area contributed by atoms with Crippen LogP contribution in [0.2, 0.25) is 0 Å². The van der Waals surface area contributed by atoms with Gasteiger partial charge in [0.25, 0.3) is 0 Å². The maximum absolute atomic E-state index is 5.65. The van der Waals surface area contributed by atoms with Gasteiger partial charge in [-0.15, -0.1) is 0 Å². The average Bonchev–Trinajstić information content (AvgIpc) is 2.75. The number of benzene rings is 1. The molecule has 1 N–H and O–H groups in total. The summed E-state index contributed by atoms with van der Waals surface area (Å²) in [6, 6.07) is 11.7. The van der Waals surface area contributed by atoms with Crippen LogP contribution >= 0.6 is 12.2 Å². The maximum atomic E-state index is 5.65. The lowest BCUT2D eigenvalue weighted by atomic mass is 10.3. The predicted octanol–water partition coefficient (Wildman–Crippen LogP) is 3.87. The first-order chi connectivity index (χ1) is 9.65. The molecule has 2 heterocycles. The summed E-state index contributed by atoms with van der Waals surface area (Å²) in [6.45, 7) is 4.02. The third-order valence-corrected chi connectivity index (χ3v) is 3.19. The van der Waals surface area contributed by atoms with E-state index in [1.807, 2.05) is 54.8 Å². The minimum atomic E-state index is 0.165. The molecule has 0 unspecified atom stereocenters. The van der Waals surface area contributed by atoms with Crippen molar-refractivity contribution >= 4 is 23.4 Å². The Labute approximate surface area is 122 Å². The van der Waals surface area contributed by atoms with E-state index in [9.17, 15) is 0 Å². The Kier molecular flexibility index (Phi) is 3.28. The van der Waals surface area contributed by atoms with Gasteiger partial charge in [-0.3, -0.25) is 4.57 Å². The molecule has 20 heavy (non-hydrogen) atoms. The molecule has 0 aliphatic heterocycles. The van der Waals surface area contributed by atoms with E-state index in [2.05, 4.69) is 9.97 Å². The van der Waals surface area contributed by atoms with Crippen molar-refractivity contribution in [2.45, 2.75) is 20.0 Å². The van der Waals surface area contributed by atoms with Gasteiger partial charge >= 0.3 is 0 Å². The van der Waals surface area contributed by atoms with Crippen molar-refractivity contribution in [3.63, 3.8) is 0 Å². The minimum Gasteiger partial charge on any atom is -0.491 e. The highest BCUT2D eigenvalue weighted by Gasteiger charge is 2.07. The van der Waals surface area contributed by atoms with Gasteiger partial charge in [-0.2, -0.15) is 0 Å². The number of aromatic nitrogens is 3. The zero-order valence-electron chi connectivity index (χ0n) is 11.3. The van der Waals surface area contributed by atoms with Crippen LogP contribution in [0.3, 0.4) is 0 Å². The normalized spacial score (nSPS) is 11.2. The van der Waals surface area contributed by atoms with Gasteiger partial charge in [0.05, 0.1) is 17.3 Å². The highest BCUT2D eigenvalue weighted by molar-refractivity contribution is 7.71. The van der Waals surface area contributed by atoms with Crippen LogP contribution in [-0.2, 0) is 0 Å². The maximum Gasteiger partial charge on any atom is 0.183 e. The summed E-state index contributed by atoms with van der Waals surface area (Å²) in [4.78, 5) is 7.54. The van der Waals surface area contributed by atoms with Gasteiger partial charge in [-0.1, -0.05) is 0 Å². The lowest BCUT2D eigenvalue weighted by Gasteiger charge is -2.10. The zero-order valence-corrected chi connectivity index (χ0v) is 12.1. The number of H-pyrrole nitrogens is 1. The lowest BCUT2D eigenvalue weighted by molar-refractivity contribution is 0.242. The van der Waals surface area contributed by atoms with E-state index in [0.717, 1.165) is 22.6 Å². The van der Waals surface area contributed by atoms with E-state index in [1.54, 1.807) is 6.20 Å². The Morgan fingerprint density at radius 2 is 1.95 bits per heavy atom. The molecule has 0 amide bonds. The number of hydrogen-bond donors (Lipinski definition) is 1. The number of ether oxygens (including phenoxy) is 1. The molecule has 1 aromatic carbocycles. The van der Waals surface area contributed by atoms with E-state index < -0.39 is 0 Å². The van der Waals surface area contributed by atoms with Crippen LogP contribution in [0.25, 0.3) is 16.9 Å². The summed E-state index contributed by atoms with van der Waals surface area (Å²) in [5, 5.41) is 0. The highest BCUT2D eigenvalue weighted by atomic mass is 32.1. The van der Waals surface area contributed by atoms with Gasteiger partial charge in [0.1, 0.15) is 5.75 Å². The molecule has 0 atom stereocenters. The van der Waals surface area contributed by atoms with Crippen molar-refractivity contribution in [1.29, 1.82) is 0 Å².